The summed E-state index contributed by atoms with van der Waals surface area (Å²) in [5.41, 5.74) is 10.9. The molecular formula is C45H72O. The Bertz CT molecular complexity index is 1140. The molecule has 0 saturated carbocycles. The second-order valence-corrected chi connectivity index (χ2v) is 14.4. The zero-order chi connectivity index (χ0) is 34.8. The lowest BCUT2D eigenvalue weighted by molar-refractivity contribution is 0.113. The summed E-state index contributed by atoms with van der Waals surface area (Å²) in [5, 5.41) is 9.92. The Morgan fingerprint density at radius 3 is 0.870 bits per heavy atom. The van der Waals surface area contributed by atoms with Crippen LogP contribution in [0, 0.1) is 12.3 Å². The summed E-state index contributed by atoms with van der Waals surface area (Å²) >= 11 is 0. The molecule has 1 nitrogen and oxygen atoms in total. The van der Waals surface area contributed by atoms with E-state index in [1.165, 1.54) is 76.7 Å². The molecule has 1 atom stereocenters. The van der Waals surface area contributed by atoms with E-state index in [0.717, 1.165) is 64.2 Å². The van der Waals surface area contributed by atoms with Crippen LogP contribution in [0.5, 0.6) is 0 Å². The predicted molar refractivity (Wildman–Crippen MR) is 209 cm³/mol. The van der Waals surface area contributed by atoms with Crippen molar-refractivity contribution in [2.24, 2.45) is 0 Å². The normalized spacial score (nSPS) is 15.6. The molecule has 0 aromatic heterocycles. The maximum Gasteiger partial charge on any atom is 0.122 e. The molecule has 0 amide bonds. The van der Waals surface area contributed by atoms with Gasteiger partial charge in [0.25, 0.3) is 0 Å². The van der Waals surface area contributed by atoms with Gasteiger partial charge in [0.2, 0.25) is 0 Å². The molecule has 0 radical (unpaired) electrons. The molecule has 0 saturated heterocycles. The van der Waals surface area contributed by atoms with Gasteiger partial charge in [0, 0.05) is 0 Å². The fraction of sp³-hybridized carbons (Fsp3) is 0.600. The second-order valence-electron chi connectivity index (χ2n) is 14.4. The van der Waals surface area contributed by atoms with Crippen molar-refractivity contribution in [1.82, 2.24) is 0 Å². The lowest BCUT2D eigenvalue weighted by Crippen LogP contribution is -2.20. The van der Waals surface area contributed by atoms with Crippen molar-refractivity contribution in [2.45, 2.75) is 178 Å². The molecule has 0 bridgehead atoms. The van der Waals surface area contributed by atoms with Crippen LogP contribution < -0.4 is 0 Å². The molecule has 0 aliphatic carbocycles. The highest BCUT2D eigenvalue weighted by Crippen LogP contribution is 2.18. The molecule has 1 N–H and O–H groups in total. The Balaban J connectivity index is 4.23. The standard InChI is InChI=1S/C45H72O/c1-12-45(11,46)36-20-35-44(10)34-19-33-43(9)32-18-31-42(8)30-17-29-41(7)28-16-27-40(6)26-15-25-39(5)24-14-23-38(4)22-13-21-37(2)3/h1,21,23,25,27,29,31,33,35,46H,13-20,22,24,26,28,30,32,34,36H2,2-11H3/b38-23+,39-25+,40-27+,41-29+,42-31+,43-33+,44-35+. The minimum atomic E-state index is -0.995. The summed E-state index contributed by atoms with van der Waals surface area (Å²) < 4.78 is 0. The van der Waals surface area contributed by atoms with Gasteiger partial charge >= 0.3 is 0 Å². The first-order valence-corrected chi connectivity index (χ1v) is 18.2. The first-order chi connectivity index (χ1) is 21.7. The van der Waals surface area contributed by atoms with Crippen molar-refractivity contribution in [1.29, 1.82) is 0 Å². The van der Waals surface area contributed by atoms with Crippen LogP contribution in [0.15, 0.2) is 93.2 Å². The maximum atomic E-state index is 9.92. The average molecular weight is 629 g/mol. The molecule has 0 aliphatic heterocycles. The summed E-state index contributed by atoms with van der Waals surface area (Å²) in [7, 11) is 0. The molecule has 0 aliphatic rings. The van der Waals surface area contributed by atoms with Crippen molar-refractivity contribution in [3.05, 3.63) is 93.2 Å². The lowest BCUT2D eigenvalue weighted by atomic mass is 9.99. The second kappa shape index (κ2) is 26.5. The minimum absolute atomic E-state index is 0.614. The van der Waals surface area contributed by atoms with Gasteiger partial charge in [-0.05, 0) is 172 Å². The fourth-order valence-corrected chi connectivity index (χ4v) is 5.25. The zero-order valence-corrected chi connectivity index (χ0v) is 32.0. The first kappa shape index (κ1) is 43.4. The van der Waals surface area contributed by atoms with Crippen LogP contribution in [-0.4, -0.2) is 10.7 Å². The van der Waals surface area contributed by atoms with E-state index in [1.54, 1.807) is 6.92 Å². The van der Waals surface area contributed by atoms with Crippen molar-refractivity contribution in [3.8, 4) is 12.3 Å². The number of hydrogen-bond donors (Lipinski definition) is 1. The van der Waals surface area contributed by atoms with E-state index < -0.39 is 5.60 Å². The van der Waals surface area contributed by atoms with E-state index in [4.69, 9.17) is 6.42 Å². The third-order valence-electron chi connectivity index (χ3n) is 8.71. The Hall–Kier alpha value is -2.56. The smallest absolute Gasteiger partial charge is 0.122 e. The van der Waals surface area contributed by atoms with Gasteiger partial charge in [-0.3, -0.25) is 0 Å². The topological polar surface area (TPSA) is 20.2 Å². The zero-order valence-electron chi connectivity index (χ0n) is 32.0. The van der Waals surface area contributed by atoms with Gasteiger partial charge in [-0.1, -0.05) is 99.1 Å². The van der Waals surface area contributed by atoms with Crippen molar-refractivity contribution in [2.75, 3.05) is 0 Å². The Morgan fingerprint density at radius 1 is 0.435 bits per heavy atom. The SMILES string of the molecule is C#CC(C)(O)CC/C=C(\C)CC/C=C(\C)CC/C=C(\C)CC/C=C(\C)CC/C=C(\C)CC/C=C(\C)CC/C=C(\C)CCC=C(C)C. The molecule has 46 heavy (non-hydrogen) atoms. The molecule has 1 heteroatoms. The van der Waals surface area contributed by atoms with Crippen LogP contribution >= 0.6 is 0 Å². The lowest BCUT2D eigenvalue weighted by Gasteiger charge is -2.14. The summed E-state index contributed by atoms with van der Waals surface area (Å²) in [6, 6.07) is 0. The molecule has 0 spiro atoms. The average Bonchev–Trinajstić information content (AvgIpc) is 2.97. The quantitative estimate of drug-likeness (QED) is 0.0833. The van der Waals surface area contributed by atoms with E-state index in [0.29, 0.717) is 6.42 Å². The minimum Gasteiger partial charge on any atom is -0.378 e. The molecule has 0 aromatic rings. The highest BCUT2D eigenvalue weighted by Gasteiger charge is 2.14. The van der Waals surface area contributed by atoms with Gasteiger partial charge in [0.1, 0.15) is 5.60 Å². The molecule has 258 valence electrons. The molecule has 0 fully saturated rings. The van der Waals surface area contributed by atoms with E-state index >= 15 is 0 Å². The summed E-state index contributed by atoms with van der Waals surface area (Å²) in [6.07, 6.45) is 42.0. The van der Waals surface area contributed by atoms with Crippen molar-refractivity contribution < 1.29 is 5.11 Å². The van der Waals surface area contributed by atoms with E-state index in [9.17, 15) is 5.11 Å². The van der Waals surface area contributed by atoms with Gasteiger partial charge in [0.15, 0.2) is 0 Å². The maximum absolute atomic E-state index is 9.92. The molecule has 1 unspecified atom stereocenters. The van der Waals surface area contributed by atoms with Gasteiger partial charge in [-0.2, -0.15) is 0 Å². The number of hydrogen-bond acceptors (Lipinski definition) is 1. The van der Waals surface area contributed by atoms with Crippen molar-refractivity contribution in [3.63, 3.8) is 0 Å². The highest BCUT2D eigenvalue weighted by atomic mass is 16.3. The third-order valence-corrected chi connectivity index (χ3v) is 8.71. The number of aliphatic hydroxyl groups is 1. The van der Waals surface area contributed by atoms with Crippen LogP contribution in [0.3, 0.4) is 0 Å². The largest absolute Gasteiger partial charge is 0.378 e. The summed E-state index contributed by atoms with van der Waals surface area (Å²) in [4.78, 5) is 0. The number of terminal acetylenes is 1. The Kier molecular flexibility index (Phi) is 25.0. The van der Waals surface area contributed by atoms with Crippen LogP contribution in [0.4, 0.5) is 0 Å². The number of rotatable bonds is 24. The Morgan fingerprint density at radius 2 is 0.652 bits per heavy atom. The van der Waals surface area contributed by atoms with E-state index in [-0.39, 0.29) is 0 Å². The molecule has 0 aromatic carbocycles. The van der Waals surface area contributed by atoms with E-state index in [1.807, 2.05) is 0 Å². The van der Waals surface area contributed by atoms with E-state index in [2.05, 4.69) is 117 Å². The first-order valence-electron chi connectivity index (χ1n) is 18.2. The monoisotopic (exact) mass is 629 g/mol. The number of allylic oxidation sites excluding steroid dienone is 16. The molecule has 0 heterocycles. The van der Waals surface area contributed by atoms with Gasteiger partial charge in [0.05, 0.1) is 0 Å². The van der Waals surface area contributed by atoms with Gasteiger partial charge in [-0.25, -0.2) is 0 Å². The molecular weight excluding hydrogens is 556 g/mol. The van der Waals surface area contributed by atoms with Gasteiger partial charge < -0.3 is 5.11 Å². The van der Waals surface area contributed by atoms with Crippen LogP contribution in [0.1, 0.15) is 172 Å². The highest BCUT2D eigenvalue weighted by molar-refractivity contribution is 5.11. The summed E-state index contributed by atoms with van der Waals surface area (Å²) in [5.74, 6) is 2.45. The van der Waals surface area contributed by atoms with Crippen molar-refractivity contribution >= 4 is 0 Å². The van der Waals surface area contributed by atoms with Crippen LogP contribution in [0.25, 0.3) is 0 Å². The molecule has 0 rings (SSSR count). The van der Waals surface area contributed by atoms with Gasteiger partial charge in [-0.15, -0.1) is 6.42 Å². The fourth-order valence-electron chi connectivity index (χ4n) is 5.25. The third kappa shape index (κ3) is 27.7. The summed E-state index contributed by atoms with van der Waals surface area (Å²) in [6.45, 7) is 21.9. The predicted octanol–water partition coefficient (Wildman–Crippen LogP) is 14.2. The Labute approximate surface area is 287 Å². The van der Waals surface area contributed by atoms with Crippen LogP contribution in [-0.2, 0) is 0 Å². The van der Waals surface area contributed by atoms with Crippen LogP contribution in [0.2, 0.25) is 0 Å².